The predicted octanol–water partition coefficient (Wildman–Crippen LogP) is 3.04. The number of rotatable bonds is 4. The molecule has 2 bridgehead atoms. The average molecular weight is 448 g/mol. The van der Waals surface area contributed by atoms with Gasteiger partial charge in [-0.1, -0.05) is 0 Å². The van der Waals surface area contributed by atoms with Crippen molar-refractivity contribution in [1.82, 2.24) is 29.9 Å². The van der Waals surface area contributed by atoms with Crippen molar-refractivity contribution in [3.05, 3.63) is 60.1 Å². The second-order valence-electron chi connectivity index (χ2n) is 7.62. The van der Waals surface area contributed by atoms with Crippen LogP contribution in [0.1, 0.15) is 35.3 Å². The highest BCUT2D eigenvalue weighted by atomic mass is 19.4. The Morgan fingerprint density at radius 1 is 1.09 bits per heavy atom. The molecule has 4 heterocycles. The highest BCUT2D eigenvalue weighted by Crippen LogP contribution is 2.41. The molecule has 8 nitrogen and oxygen atoms in total. The summed E-state index contributed by atoms with van der Waals surface area (Å²) >= 11 is 0. The smallest absolute Gasteiger partial charge is 0.434 e. The second-order valence-corrected chi connectivity index (χ2v) is 7.62. The molecule has 2 aliphatic rings. The molecule has 2 fully saturated rings. The molecule has 2 saturated heterocycles. The molecule has 32 heavy (non-hydrogen) atoms. The molecule has 3 atom stereocenters. The van der Waals surface area contributed by atoms with Crippen LogP contribution in [-0.2, 0) is 6.18 Å². The van der Waals surface area contributed by atoms with E-state index in [2.05, 4.69) is 20.2 Å². The van der Waals surface area contributed by atoms with Crippen LogP contribution in [0.2, 0.25) is 0 Å². The third kappa shape index (κ3) is 3.55. The number of alkyl halides is 3. The molecule has 3 aromatic rings. The Morgan fingerprint density at radius 3 is 2.56 bits per heavy atom. The molecular formula is C20H16F4N6O2. The monoisotopic (exact) mass is 448 g/mol. The van der Waals surface area contributed by atoms with Crippen molar-refractivity contribution in [3.63, 3.8) is 0 Å². The largest absolute Gasteiger partial charge is 0.471 e. The summed E-state index contributed by atoms with van der Waals surface area (Å²) in [5, 5.41) is 8.05. The van der Waals surface area contributed by atoms with Gasteiger partial charge in [0.05, 0.1) is 42.1 Å². The first-order chi connectivity index (χ1) is 15.3. The maximum absolute atomic E-state index is 14.0. The lowest BCUT2D eigenvalue weighted by Gasteiger charge is -2.25. The molecule has 0 unspecified atom stereocenters. The molecule has 2 aromatic heterocycles. The number of aromatic nitrogens is 5. The minimum absolute atomic E-state index is 0.0462. The number of benzene rings is 1. The van der Waals surface area contributed by atoms with E-state index in [-0.39, 0.29) is 29.4 Å². The molecule has 0 aliphatic carbocycles. The Morgan fingerprint density at radius 2 is 1.88 bits per heavy atom. The molecular weight excluding hydrogens is 432 g/mol. The van der Waals surface area contributed by atoms with Gasteiger partial charge in [0.2, 0.25) is 5.88 Å². The predicted molar refractivity (Wildman–Crippen MR) is 100 cm³/mol. The summed E-state index contributed by atoms with van der Waals surface area (Å²) in [4.78, 5) is 23.4. The van der Waals surface area contributed by atoms with E-state index in [0.717, 1.165) is 18.7 Å². The molecule has 2 aliphatic heterocycles. The first-order valence-corrected chi connectivity index (χ1v) is 9.86. The summed E-state index contributed by atoms with van der Waals surface area (Å²) < 4.78 is 57.8. The zero-order valence-corrected chi connectivity index (χ0v) is 16.4. The van der Waals surface area contributed by atoms with Crippen LogP contribution in [0.4, 0.5) is 17.6 Å². The molecule has 0 N–H and O–H groups in total. The molecule has 12 heteroatoms. The van der Waals surface area contributed by atoms with Crippen molar-refractivity contribution < 1.29 is 27.1 Å². The fourth-order valence-corrected chi connectivity index (χ4v) is 4.39. The van der Waals surface area contributed by atoms with E-state index in [1.807, 2.05) is 0 Å². The number of ether oxygens (including phenoxy) is 1. The molecule has 0 saturated carbocycles. The van der Waals surface area contributed by atoms with Crippen molar-refractivity contribution in [3.8, 4) is 11.6 Å². The lowest BCUT2D eigenvalue weighted by molar-refractivity contribution is -0.141. The zero-order chi connectivity index (χ0) is 22.5. The second kappa shape index (κ2) is 7.53. The Bertz CT molecular complexity index is 1140. The van der Waals surface area contributed by atoms with Crippen molar-refractivity contribution in [2.45, 2.75) is 43.6 Å². The van der Waals surface area contributed by atoms with Crippen molar-refractivity contribution in [2.75, 3.05) is 0 Å². The van der Waals surface area contributed by atoms with Gasteiger partial charge >= 0.3 is 6.18 Å². The first kappa shape index (κ1) is 20.3. The van der Waals surface area contributed by atoms with Crippen LogP contribution in [0.3, 0.4) is 0 Å². The van der Waals surface area contributed by atoms with Crippen LogP contribution < -0.4 is 4.74 Å². The summed E-state index contributed by atoms with van der Waals surface area (Å²) in [6.07, 6.45) is 1.29. The van der Waals surface area contributed by atoms with Crippen molar-refractivity contribution in [1.29, 1.82) is 0 Å². The maximum Gasteiger partial charge on any atom is 0.434 e. The van der Waals surface area contributed by atoms with Gasteiger partial charge in [0, 0.05) is 12.5 Å². The number of fused-ring (bicyclic) bond motifs is 2. The Kier molecular flexibility index (Phi) is 4.79. The number of carbonyl (C=O) groups is 1. The highest BCUT2D eigenvalue weighted by Gasteiger charge is 2.50. The highest BCUT2D eigenvalue weighted by molar-refractivity contribution is 5.98. The lowest BCUT2D eigenvalue weighted by Crippen LogP contribution is -2.39. The standard InChI is InChI=1S/C20H16F4N6O2/c21-11-1-3-14(30-27-5-6-28-30)13(7-11)19(31)29-12-2-4-15(29)16(8-12)32-18-10-25-17(9-26-18)20(22,23)24/h1,3,5-7,9-10,12,15-16H,2,4,8H2/t12-,15+,16-/m1/s1. The molecule has 0 spiro atoms. The summed E-state index contributed by atoms with van der Waals surface area (Å²) in [5.41, 5.74) is -0.646. The van der Waals surface area contributed by atoms with E-state index in [1.54, 1.807) is 4.90 Å². The van der Waals surface area contributed by atoms with Crippen LogP contribution in [-0.4, -0.2) is 54.0 Å². The van der Waals surface area contributed by atoms with E-state index in [4.69, 9.17) is 4.74 Å². The van der Waals surface area contributed by atoms with E-state index >= 15 is 0 Å². The lowest BCUT2D eigenvalue weighted by atomic mass is 9.98. The average Bonchev–Trinajstić information content (AvgIpc) is 3.49. The van der Waals surface area contributed by atoms with Gasteiger partial charge in [-0.05, 0) is 31.0 Å². The number of carbonyl (C=O) groups excluding carboxylic acids is 1. The molecule has 5 rings (SSSR count). The fourth-order valence-electron chi connectivity index (χ4n) is 4.39. The maximum atomic E-state index is 14.0. The number of amides is 1. The van der Waals surface area contributed by atoms with Crippen LogP contribution in [0.5, 0.6) is 5.88 Å². The third-order valence-corrected chi connectivity index (χ3v) is 5.73. The Balaban J connectivity index is 1.38. The van der Waals surface area contributed by atoms with E-state index < -0.39 is 23.8 Å². The number of hydrogen-bond acceptors (Lipinski definition) is 6. The minimum atomic E-state index is -4.59. The van der Waals surface area contributed by atoms with Gasteiger partial charge in [0.15, 0.2) is 5.69 Å². The molecule has 1 aromatic carbocycles. The van der Waals surface area contributed by atoms with Crippen LogP contribution in [0.25, 0.3) is 5.69 Å². The first-order valence-electron chi connectivity index (χ1n) is 9.86. The quantitative estimate of drug-likeness (QED) is 0.571. The SMILES string of the molecule is O=C(c1cc(F)ccc1-n1nccn1)N1[C@@H]2CC[C@H]1[C@H](Oc1cnc(C(F)(F)F)cn1)C2. The van der Waals surface area contributed by atoms with Gasteiger partial charge in [-0.2, -0.15) is 28.2 Å². The van der Waals surface area contributed by atoms with Gasteiger partial charge in [-0.3, -0.25) is 4.79 Å². The van der Waals surface area contributed by atoms with Gasteiger partial charge in [-0.25, -0.2) is 14.4 Å². The van der Waals surface area contributed by atoms with Crippen molar-refractivity contribution >= 4 is 5.91 Å². The minimum Gasteiger partial charge on any atom is -0.471 e. The van der Waals surface area contributed by atoms with E-state index in [9.17, 15) is 22.4 Å². The molecule has 1 amide bonds. The zero-order valence-electron chi connectivity index (χ0n) is 16.4. The van der Waals surface area contributed by atoms with E-state index in [1.165, 1.54) is 29.3 Å². The molecule has 0 radical (unpaired) electrons. The van der Waals surface area contributed by atoms with E-state index in [0.29, 0.717) is 24.7 Å². The Hall–Kier alpha value is -3.57. The summed E-state index contributed by atoms with van der Waals surface area (Å²) in [5.74, 6) is -0.993. The Labute approximate surface area is 178 Å². The van der Waals surface area contributed by atoms with Crippen molar-refractivity contribution in [2.24, 2.45) is 0 Å². The fraction of sp³-hybridized carbons (Fsp3) is 0.350. The number of nitrogens with zero attached hydrogens (tertiary/aromatic N) is 6. The molecule has 166 valence electrons. The summed E-state index contributed by atoms with van der Waals surface area (Å²) in [6, 6.07) is 3.35. The van der Waals surface area contributed by atoms with Crippen LogP contribution >= 0.6 is 0 Å². The number of halogens is 4. The van der Waals surface area contributed by atoms with Gasteiger partial charge in [0.1, 0.15) is 11.9 Å². The van der Waals surface area contributed by atoms with Crippen LogP contribution in [0.15, 0.2) is 43.0 Å². The normalized spacial score (nSPS) is 22.4. The topological polar surface area (TPSA) is 86.0 Å². The summed E-state index contributed by atoms with van der Waals surface area (Å²) in [6.45, 7) is 0. The van der Waals surface area contributed by atoms with Crippen LogP contribution in [0, 0.1) is 5.82 Å². The van der Waals surface area contributed by atoms with Gasteiger partial charge in [0.25, 0.3) is 5.91 Å². The summed E-state index contributed by atoms with van der Waals surface area (Å²) in [7, 11) is 0. The number of hydrogen-bond donors (Lipinski definition) is 0. The van der Waals surface area contributed by atoms with Gasteiger partial charge < -0.3 is 9.64 Å². The third-order valence-electron chi connectivity index (χ3n) is 5.73. The van der Waals surface area contributed by atoms with Gasteiger partial charge in [-0.15, -0.1) is 0 Å².